The van der Waals surface area contributed by atoms with Crippen molar-refractivity contribution in [3.63, 3.8) is 0 Å². The molecule has 0 amide bonds. The molecular formula is C19H18O3. The maximum absolute atomic E-state index is 10.3. The summed E-state index contributed by atoms with van der Waals surface area (Å²) in [6.45, 7) is 2.39. The Morgan fingerprint density at radius 3 is 2.32 bits per heavy atom. The first kappa shape index (κ1) is 14.4. The van der Waals surface area contributed by atoms with Crippen molar-refractivity contribution in [1.29, 1.82) is 0 Å². The summed E-state index contributed by atoms with van der Waals surface area (Å²) in [5, 5.41) is 10.3. The number of aryl methyl sites for hydroxylation is 1. The summed E-state index contributed by atoms with van der Waals surface area (Å²) >= 11 is 0. The molecule has 112 valence electrons. The number of furan rings is 1. The van der Waals surface area contributed by atoms with Crippen molar-refractivity contribution in [2.45, 2.75) is 19.6 Å². The lowest BCUT2D eigenvalue weighted by Crippen LogP contribution is -1.99. The van der Waals surface area contributed by atoms with Crippen LogP contribution in [-0.2, 0) is 6.61 Å². The second-order valence-electron chi connectivity index (χ2n) is 5.19. The first-order chi connectivity index (χ1) is 10.7. The van der Waals surface area contributed by atoms with Gasteiger partial charge in [-0.05, 0) is 42.3 Å². The normalized spacial score (nSPS) is 12.1. The highest BCUT2D eigenvalue weighted by Gasteiger charge is 2.13. The Labute approximate surface area is 129 Å². The molecular weight excluding hydrogens is 276 g/mol. The lowest BCUT2D eigenvalue weighted by Gasteiger charge is -2.10. The molecule has 2 aromatic carbocycles. The van der Waals surface area contributed by atoms with Crippen LogP contribution in [0.25, 0.3) is 0 Å². The van der Waals surface area contributed by atoms with Gasteiger partial charge in [-0.3, -0.25) is 0 Å². The molecule has 1 unspecified atom stereocenters. The Bertz CT molecular complexity index is 714. The maximum Gasteiger partial charge on any atom is 0.137 e. The summed E-state index contributed by atoms with van der Waals surface area (Å²) in [6, 6.07) is 21.1. The minimum Gasteiger partial charge on any atom is -0.489 e. The second-order valence-corrected chi connectivity index (χ2v) is 5.19. The Morgan fingerprint density at radius 2 is 1.68 bits per heavy atom. The van der Waals surface area contributed by atoms with Gasteiger partial charge in [0, 0.05) is 0 Å². The van der Waals surface area contributed by atoms with Crippen molar-refractivity contribution in [2.24, 2.45) is 0 Å². The molecule has 3 heteroatoms. The number of benzene rings is 2. The molecule has 0 aliphatic heterocycles. The van der Waals surface area contributed by atoms with Gasteiger partial charge in [0.15, 0.2) is 0 Å². The van der Waals surface area contributed by atoms with Gasteiger partial charge in [0.1, 0.15) is 30.0 Å². The predicted molar refractivity (Wildman–Crippen MR) is 84.7 cm³/mol. The van der Waals surface area contributed by atoms with E-state index in [2.05, 4.69) is 0 Å². The van der Waals surface area contributed by atoms with E-state index in [1.807, 2.05) is 67.6 Å². The number of aliphatic hydroxyl groups is 1. The molecule has 1 N–H and O–H groups in total. The van der Waals surface area contributed by atoms with E-state index >= 15 is 0 Å². The average molecular weight is 294 g/mol. The minimum atomic E-state index is -0.753. The summed E-state index contributed by atoms with van der Waals surface area (Å²) < 4.78 is 11.2. The molecule has 22 heavy (non-hydrogen) atoms. The van der Waals surface area contributed by atoms with E-state index in [-0.39, 0.29) is 0 Å². The lowest BCUT2D eigenvalue weighted by molar-refractivity contribution is 0.187. The highest BCUT2D eigenvalue weighted by Crippen LogP contribution is 2.25. The molecule has 3 rings (SSSR count). The molecule has 0 aliphatic carbocycles. The van der Waals surface area contributed by atoms with E-state index in [1.165, 1.54) is 0 Å². The van der Waals surface area contributed by atoms with Gasteiger partial charge >= 0.3 is 0 Å². The molecule has 1 atom stereocenters. The van der Waals surface area contributed by atoms with Gasteiger partial charge in [-0.25, -0.2) is 0 Å². The summed E-state index contributed by atoms with van der Waals surface area (Å²) in [5.74, 6) is 2.11. The van der Waals surface area contributed by atoms with Gasteiger partial charge in [-0.2, -0.15) is 0 Å². The number of rotatable bonds is 5. The Kier molecular flexibility index (Phi) is 4.26. The Hall–Kier alpha value is -2.52. The molecule has 3 nitrogen and oxygen atoms in total. The average Bonchev–Trinajstić information content (AvgIpc) is 3.00. The number of hydrogen-bond acceptors (Lipinski definition) is 3. The number of ether oxygens (including phenoxy) is 1. The molecule has 0 bridgehead atoms. The van der Waals surface area contributed by atoms with Crippen LogP contribution in [0.2, 0.25) is 0 Å². The lowest BCUT2D eigenvalue weighted by atomic mass is 10.1. The molecule has 1 heterocycles. The fourth-order valence-electron chi connectivity index (χ4n) is 2.25. The van der Waals surface area contributed by atoms with Crippen molar-refractivity contribution in [2.75, 3.05) is 0 Å². The van der Waals surface area contributed by atoms with Crippen LogP contribution < -0.4 is 4.74 Å². The van der Waals surface area contributed by atoms with E-state index in [9.17, 15) is 5.11 Å². The molecule has 0 saturated heterocycles. The summed E-state index contributed by atoms with van der Waals surface area (Å²) in [4.78, 5) is 0. The van der Waals surface area contributed by atoms with Gasteiger partial charge in [-0.1, -0.05) is 42.5 Å². The van der Waals surface area contributed by atoms with Crippen LogP contribution in [0.5, 0.6) is 5.75 Å². The predicted octanol–water partition coefficient (Wildman–Crippen LogP) is 4.25. The Balaban J connectivity index is 1.65. The number of aliphatic hydroxyl groups excluding tert-OH is 1. The van der Waals surface area contributed by atoms with E-state index in [0.29, 0.717) is 12.4 Å². The standard InChI is InChI=1S/C19H18O3/c1-14-7-12-18(22-14)19(20)16-8-10-17(11-9-16)21-13-15-5-3-2-4-6-15/h2-12,19-20H,13H2,1H3. The molecule has 0 spiro atoms. The van der Waals surface area contributed by atoms with Crippen molar-refractivity contribution in [3.8, 4) is 5.75 Å². The highest BCUT2D eigenvalue weighted by atomic mass is 16.5. The second kappa shape index (κ2) is 6.50. The topological polar surface area (TPSA) is 42.6 Å². The zero-order chi connectivity index (χ0) is 15.4. The van der Waals surface area contributed by atoms with Crippen molar-refractivity contribution in [1.82, 2.24) is 0 Å². The third kappa shape index (κ3) is 3.38. The molecule has 0 fully saturated rings. The van der Waals surface area contributed by atoms with Crippen LogP contribution in [0.15, 0.2) is 71.1 Å². The van der Waals surface area contributed by atoms with Crippen LogP contribution in [0, 0.1) is 6.92 Å². The minimum absolute atomic E-state index is 0.528. The van der Waals surface area contributed by atoms with Crippen LogP contribution in [0.4, 0.5) is 0 Å². The SMILES string of the molecule is Cc1ccc(C(O)c2ccc(OCc3ccccc3)cc2)o1. The molecule has 0 saturated carbocycles. The molecule has 1 aromatic heterocycles. The van der Waals surface area contributed by atoms with E-state index < -0.39 is 6.10 Å². The summed E-state index contributed by atoms with van der Waals surface area (Å²) in [7, 11) is 0. The van der Waals surface area contributed by atoms with Crippen molar-refractivity contribution >= 4 is 0 Å². The van der Waals surface area contributed by atoms with Gasteiger partial charge < -0.3 is 14.3 Å². The zero-order valence-electron chi connectivity index (χ0n) is 12.4. The van der Waals surface area contributed by atoms with Crippen molar-refractivity contribution in [3.05, 3.63) is 89.4 Å². The zero-order valence-corrected chi connectivity index (χ0v) is 12.4. The fraction of sp³-hybridized carbons (Fsp3) is 0.158. The monoisotopic (exact) mass is 294 g/mol. The van der Waals surface area contributed by atoms with E-state index in [0.717, 1.165) is 22.6 Å². The van der Waals surface area contributed by atoms with Crippen molar-refractivity contribution < 1.29 is 14.3 Å². The quantitative estimate of drug-likeness (QED) is 0.765. The number of hydrogen-bond donors (Lipinski definition) is 1. The Morgan fingerprint density at radius 1 is 0.955 bits per heavy atom. The molecule has 0 aliphatic rings. The van der Waals surface area contributed by atoms with Gasteiger partial charge in [0.2, 0.25) is 0 Å². The smallest absolute Gasteiger partial charge is 0.137 e. The summed E-state index contributed by atoms with van der Waals surface area (Å²) in [6.07, 6.45) is -0.753. The maximum atomic E-state index is 10.3. The van der Waals surface area contributed by atoms with Crippen LogP contribution in [-0.4, -0.2) is 5.11 Å². The fourth-order valence-corrected chi connectivity index (χ4v) is 2.25. The van der Waals surface area contributed by atoms with E-state index in [1.54, 1.807) is 6.07 Å². The highest BCUT2D eigenvalue weighted by molar-refractivity contribution is 5.32. The van der Waals surface area contributed by atoms with Crippen LogP contribution in [0.1, 0.15) is 28.8 Å². The van der Waals surface area contributed by atoms with Gasteiger partial charge in [0.25, 0.3) is 0 Å². The summed E-state index contributed by atoms with van der Waals surface area (Å²) in [5.41, 5.74) is 1.90. The third-order valence-corrected chi connectivity index (χ3v) is 3.47. The van der Waals surface area contributed by atoms with Gasteiger partial charge in [-0.15, -0.1) is 0 Å². The van der Waals surface area contributed by atoms with Gasteiger partial charge in [0.05, 0.1) is 0 Å². The first-order valence-corrected chi connectivity index (χ1v) is 7.23. The first-order valence-electron chi connectivity index (χ1n) is 7.23. The van der Waals surface area contributed by atoms with Crippen LogP contribution in [0.3, 0.4) is 0 Å². The van der Waals surface area contributed by atoms with Crippen LogP contribution >= 0.6 is 0 Å². The van der Waals surface area contributed by atoms with E-state index in [4.69, 9.17) is 9.15 Å². The largest absolute Gasteiger partial charge is 0.489 e. The third-order valence-electron chi connectivity index (χ3n) is 3.47. The molecule has 3 aromatic rings. The molecule has 0 radical (unpaired) electrons.